The monoisotopic (exact) mass is 400 g/mol. The van der Waals surface area contributed by atoms with Crippen LogP contribution in [0.5, 0.6) is 0 Å². The topological polar surface area (TPSA) is 76.6 Å². The summed E-state index contributed by atoms with van der Waals surface area (Å²) < 4.78 is 5.29. The van der Waals surface area contributed by atoms with E-state index in [0.717, 1.165) is 47.0 Å². The summed E-state index contributed by atoms with van der Waals surface area (Å²) in [4.78, 5) is 42.8. The lowest BCUT2D eigenvalue weighted by atomic mass is 9.81. The van der Waals surface area contributed by atoms with E-state index in [-0.39, 0.29) is 36.8 Å². The van der Waals surface area contributed by atoms with Crippen LogP contribution in [-0.4, -0.2) is 34.2 Å². The number of amides is 2. The van der Waals surface area contributed by atoms with Gasteiger partial charge in [-0.25, -0.2) is 4.98 Å². The lowest BCUT2D eigenvalue weighted by molar-refractivity contribution is -0.153. The van der Waals surface area contributed by atoms with Crippen LogP contribution in [0.3, 0.4) is 0 Å². The summed E-state index contributed by atoms with van der Waals surface area (Å²) in [7, 11) is 0. The molecule has 7 heteroatoms. The van der Waals surface area contributed by atoms with Gasteiger partial charge in [0.05, 0.1) is 28.1 Å². The Bertz CT molecular complexity index is 950. The van der Waals surface area contributed by atoms with Crippen LogP contribution in [0.15, 0.2) is 24.3 Å². The van der Waals surface area contributed by atoms with Gasteiger partial charge in [-0.2, -0.15) is 0 Å². The number of likely N-dealkylation sites (tertiary alicyclic amines) is 1. The van der Waals surface area contributed by atoms with Gasteiger partial charge in [-0.15, -0.1) is 0 Å². The van der Waals surface area contributed by atoms with Crippen LogP contribution in [0.25, 0.3) is 10.9 Å². The molecule has 0 radical (unpaired) electrons. The Morgan fingerprint density at radius 3 is 2.50 bits per heavy atom. The summed E-state index contributed by atoms with van der Waals surface area (Å²) in [5.74, 6) is -1.67. The number of halogens is 1. The minimum Gasteiger partial charge on any atom is -0.458 e. The molecular weight excluding hydrogens is 380 g/mol. The molecule has 2 unspecified atom stereocenters. The fourth-order valence-corrected chi connectivity index (χ4v) is 4.42. The highest BCUT2D eigenvalue weighted by atomic mass is 35.5. The van der Waals surface area contributed by atoms with Gasteiger partial charge in [-0.3, -0.25) is 19.3 Å². The molecule has 2 aromatic rings. The molecule has 1 aromatic heterocycles. The van der Waals surface area contributed by atoms with E-state index >= 15 is 0 Å². The molecule has 1 aromatic carbocycles. The summed E-state index contributed by atoms with van der Waals surface area (Å²) in [5, 5.41) is 1.39. The quantitative estimate of drug-likeness (QED) is 0.580. The van der Waals surface area contributed by atoms with E-state index in [1.807, 2.05) is 31.2 Å². The predicted molar refractivity (Wildman–Crippen MR) is 103 cm³/mol. The summed E-state index contributed by atoms with van der Waals surface area (Å²) in [6.07, 6.45) is 3.33. The number of benzene rings is 1. The van der Waals surface area contributed by atoms with Gasteiger partial charge in [0.2, 0.25) is 11.8 Å². The number of para-hydroxylation sites is 1. The number of aryl methyl sites for hydroxylation is 1. The molecule has 1 aliphatic carbocycles. The predicted octanol–water partition coefficient (Wildman–Crippen LogP) is 3.42. The molecule has 2 amide bonds. The minimum atomic E-state index is -0.635. The second-order valence-corrected chi connectivity index (χ2v) is 7.81. The SMILES string of the molecule is Cc1c(Cl)c(COC(=O)CN2C(=O)C3CCCCC3C2=O)nc2ccccc12. The highest BCUT2D eigenvalue weighted by molar-refractivity contribution is 6.32. The molecule has 0 N–H and O–H groups in total. The molecule has 0 spiro atoms. The van der Waals surface area contributed by atoms with Gasteiger partial charge in [0.25, 0.3) is 0 Å². The van der Waals surface area contributed by atoms with Crippen molar-refractivity contribution in [2.45, 2.75) is 39.2 Å². The van der Waals surface area contributed by atoms with Crippen LogP contribution < -0.4 is 0 Å². The van der Waals surface area contributed by atoms with Crippen LogP contribution in [-0.2, 0) is 25.7 Å². The number of fused-ring (bicyclic) bond motifs is 2. The number of aromatic nitrogens is 1. The first-order valence-corrected chi connectivity index (χ1v) is 9.89. The van der Waals surface area contributed by atoms with Crippen molar-refractivity contribution in [1.82, 2.24) is 9.88 Å². The maximum absolute atomic E-state index is 12.5. The fourth-order valence-electron chi connectivity index (χ4n) is 4.22. The zero-order valence-electron chi connectivity index (χ0n) is 15.6. The van der Waals surface area contributed by atoms with Crippen molar-refractivity contribution >= 4 is 40.3 Å². The highest BCUT2D eigenvalue weighted by Crippen LogP contribution is 2.38. The third-order valence-corrected chi connectivity index (χ3v) is 6.24. The van der Waals surface area contributed by atoms with Gasteiger partial charge in [0, 0.05) is 5.39 Å². The van der Waals surface area contributed by atoms with Gasteiger partial charge in [-0.05, 0) is 31.4 Å². The van der Waals surface area contributed by atoms with Crippen LogP contribution >= 0.6 is 11.6 Å². The maximum Gasteiger partial charge on any atom is 0.326 e. The average Bonchev–Trinajstić information content (AvgIpc) is 2.95. The van der Waals surface area contributed by atoms with Crippen LogP contribution in [0.2, 0.25) is 5.02 Å². The standard InChI is InChI=1S/C21H21ClN2O4/c1-12-13-6-4-5-9-16(13)23-17(19(12)22)11-28-18(25)10-24-20(26)14-7-2-3-8-15(14)21(24)27/h4-6,9,14-15H,2-3,7-8,10-11H2,1H3. The number of ether oxygens (including phenoxy) is 1. The summed E-state index contributed by atoms with van der Waals surface area (Å²) in [5.41, 5.74) is 2.09. The first kappa shape index (κ1) is 18.9. The molecule has 146 valence electrons. The Balaban J connectivity index is 1.44. The summed E-state index contributed by atoms with van der Waals surface area (Å²) >= 11 is 6.38. The average molecular weight is 401 g/mol. The molecule has 2 aliphatic rings. The zero-order chi connectivity index (χ0) is 19.8. The molecule has 1 saturated carbocycles. The molecule has 6 nitrogen and oxygen atoms in total. The summed E-state index contributed by atoms with van der Waals surface area (Å²) in [6, 6.07) is 7.59. The Kier molecular flexibility index (Phi) is 5.06. The normalized spacial score (nSPS) is 21.9. The van der Waals surface area contributed by atoms with Crippen molar-refractivity contribution in [2.24, 2.45) is 11.8 Å². The van der Waals surface area contributed by atoms with Gasteiger partial charge in [0.1, 0.15) is 13.2 Å². The van der Waals surface area contributed by atoms with Gasteiger partial charge < -0.3 is 4.74 Å². The number of imide groups is 1. The number of rotatable bonds is 4. The van der Waals surface area contributed by atoms with Gasteiger partial charge in [0.15, 0.2) is 0 Å². The second-order valence-electron chi connectivity index (χ2n) is 7.44. The van der Waals surface area contributed by atoms with E-state index < -0.39 is 5.97 Å². The Morgan fingerprint density at radius 1 is 1.18 bits per heavy atom. The molecule has 2 heterocycles. The van der Waals surface area contributed by atoms with Crippen molar-refractivity contribution < 1.29 is 19.1 Å². The number of carbonyl (C=O) groups is 3. The minimum absolute atomic E-state index is 0.105. The molecular formula is C21H21ClN2O4. The molecule has 28 heavy (non-hydrogen) atoms. The molecule has 4 rings (SSSR count). The number of hydrogen-bond donors (Lipinski definition) is 0. The maximum atomic E-state index is 12.5. The van der Waals surface area contributed by atoms with E-state index in [1.54, 1.807) is 0 Å². The Labute approximate surface area is 167 Å². The third-order valence-electron chi connectivity index (χ3n) is 5.74. The molecule has 1 aliphatic heterocycles. The Morgan fingerprint density at radius 2 is 1.82 bits per heavy atom. The van der Waals surface area contributed by atoms with Crippen molar-refractivity contribution in [3.8, 4) is 0 Å². The number of carbonyl (C=O) groups excluding carboxylic acids is 3. The number of nitrogens with zero attached hydrogens (tertiary/aromatic N) is 2. The number of pyridine rings is 1. The van der Waals surface area contributed by atoms with Crippen LogP contribution in [0.4, 0.5) is 0 Å². The zero-order valence-corrected chi connectivity index (χ0v) is 16.4. The largest absolute Gasteiger partial charge is 0.458 e. The third kappa shape index (κ3) is 3.26. The van der Waals surface area contributed by atoms with Gasteiger partial charge in [-0.1, -0.05) is 42.6 Å². The van der Waals surface area contributed by atoms with Crippen molar-refractivity contribution in [1.29, 1.82) is 0 Å². The highest BCUT2D eigenvalue weighted by Gasteiger charge is 2.48. The molecule has 2 fully saturated rings. The molecule has 0 bridgehead atoms. The van der Waals surface area contributed by atoms with Crippen molar-refractivity contribution in [3.63, 3.8) is 0 Å². The smallest absolute Gasteiger partial charge is 0.326 e. The lowest BCUT2D eigenvalue weighted by Crippen LogP contribution is -2.36. The summed E-state index contributed by atoms with van der Waals surface area (Å²) in [6.45, 7) is 1.43. The lowest BCUT2D eigenvalue weighted by Gasteiger charge is -2.19. The first-order valence-electron chi connectivity index (χ1n) is 9.52. The number of hydrogen-bond acceptors (Lipinski definition) is 5. The van der Waals surface area contributed by atoms with Crippen molar-refractivity contribution in [3.05, 3.63) is 40.5 Å². The fraction of sp³-hybridized carbons (Fsp3) is 0.429. The second kappa shape index (κ2) is 7.51. The van der Waals surface area contributed by atoms with E-state index in [0.29, 0.717) is 10.7 Å². The molecule has 2 atom stereocenters. The van der Waals surface area contributed by atoms with Crippen molar-refractivity contribution in [2.75, 3.05) is 6.54 Å². The first-order chi connectivity index (χ1) is 13.5. The van der Waals surface area contributed by atoms with E-state index in [4.69, 9.17) is 16.3 Å². The number of esters is 1. The van der Waals surface area contributed by atoms with E-state index in [9.17, 15) is 14.4 Å². The van der Waals surface area contributed by atoms with Crippen LogP contribution in [0.1, 0.15) is 36.9 Å². The molecule has 1 saturated heterocycles. The van der Waals surface area contributed by atoms with Crippen LogP contribution in [0, 0.1) is 18.8 Å². The Hall–Kier alpha value is -2.47. The van der Waals surface area contributed by atoms with Gasteiger partial charge >= 0.3 is 5.97 Å². The van der Waals surface area contributed by atoms with E-state index in [1.165, 1.54) is 0 Å². The van der Waals surface area contributed by atoms with E-state index in [2.05, 4.69) is 4.98 Å².